The summed E-state index contributed by atoms with van der Waals surface area (Å²) in [4.78, 5) is 1.23. The van der Waals surface area contributed by atoms with Crippen molar-refractivity contribution in [2.75, 3.05) is 5.75 Å². The number of hydrogen-bond donors (Lipinski definition) is 1. The Kier molecular flexibility index (Phi) is 3.61. The number of unbranched alkanes of at least 4 members (excludes halogenated alkanes) is 2. The average molecular weight is 221 g/mol. The molecule has 3 nitrogen and oxygen atoms in total. The number of nitrogens with zero attached hydrogens (tertiary/aromatic N) is 2. The summed E-state index contributed by atoms with van der Waals surface area (Å²) in [7, 11) is 0. The van der Waals surface area contributed by atoms with Crippen LogP contribution in [-0.2, 0) is 0 Å². The maximum Gasteiger partial charge on any atom is 0.126 e. The van der Waals surface area contributed by atoms with E-state index in [0.717, 1.165) is 11.0 Å². The van der Waals surface area contributed by atoms with Crippen LogP contribution in [0.5, 0.6) is 0 Å². The smallest absolute Gasteiger partial charge is 0.126 e. The lowest BCUT2D eigenvalue weighted by molar-refractivity contribution is 0.778. The van der Waals surface area contributed by atoms with E-state index in [-0.39, 0.29) is 0 Å². The van der Waals surface area contributed by atoms with Gasteiger partial charge in [-0.1, -0.05) is 31.0 Å². The molecule has 0 amide bonds. The number of aromatic amines is 1. The highest BCUT2D eigenvalue weighted by atomic mass is 32.2. The summed E-state index contributed by atoms with van der Waals surface area (Å²) in [5, 5.41) is 10.8. The van der Waals surface area contributed by atoms with Crippen LogP contribution in [0.4, 0.5) is 0 Å². The molecule has 0 spiro atoms. The molecule has 1 aromatic heterocycles. The maximum absolute atomic E-state index is 4.09. The molecule has 0 radical (unpaired) electrons. The lowest BCUT2D eigenvalue weighted by atomic mass is 10.3. The molecule has 2 rings (SSSR count). The van der Waals surface area contributed by atoms with Crippen LogP contribution in [0.15, 0.2) is 23.1 Å². The van der Waals surface area contributed by atoms with Crippen LogP contribution >= 0.6 is 11.8 Å². The molecule has 0 saturated carbocycles. The normalized spacial score (nSPS) is 11.0. The highest BCUT2D eigenvalue weighted by Crippen LogP contribution is 2.25. The van der Waals surface area contributed by atoms with E-state index in [1.165, 1.54) is 29.9 Å². The minimum atomic E-state index is 0.999. The van der Waals surface area contributed by atoms with Gasteiger partial charge in [0.1, 0.15) is 5.52 Å². The lowest BCUT2D eigenvalue weighted by Crippen LogP contribution is -1.81. The minimum Gasteiger partial charge on any atom is -0.258 e. The first kappa shape index (κ1) is 10.5. The van der Waals surface area contributed by atoms with E-state index in [2.05, 4.69) is 28.4 Å². The number of aromatic nitrogens is 3. The van der Waals surface area contributed by atoms with E-state index in [1.54, 1.807) is 0 Å². The van der Waals surface area contributed by atoms with Gasteiger partial charge in [0.15, 0.2) is 0 Å². The second-order valence-corrected chi connectivity index (χ2v) is 4.66. The van der Waals surface area contributed by atoms with E-state index >= 15 is 0 Å². The Hall–Kier alpha value is -1.03. The van der Waals surface area contributed by atoms with Crippen LogP contribution in [-0.4, -0.2) is 21.2 Å². The van der Waals surface area contributed by atoms with Crippen LogP contribution in [0.3, 0.4) is 0 Å². The third kappa shape index (κ3) is 2.50. The van der Waals surface area contributed by atoms with Crippen molar-refractivity contribution in [1.82, 2.24) is 15.4 Å². The fourth-order valence-corrected chi connectivity index (χ4v) is 2.53. The van der Waals surface area contributed by atoms with Gasteiger partial charge < -0.3 is 0 Å². The summed E-state index contributed by atoms with van der Waals surface area (Å²) in [6, 6.07) is 6.16. The minimum absolute atomic E-state index is 0.999. The fourth-order valence-electron chi connectivity index (χ4n) is 1.50. The Balaban J connectivity index is 2.04. The zero-order valence-corrected chi connectivity index (χ0v) is 9.68. The zero-order chi connectivity index (χ0) is 10.5. The van der Waals surface area contributed by atoms with Gasteiger partial charge in [-0.25, -0.2) is 0 Å². The molecule has 0 fully saturated rings. The topological polar surface area (TPSA) is 41.6 Å². The van der Waals surface area contributed by atoms with Crippen LogP contribution in [0.2, 0.25) is 0 Å². The summed E-state index contributed by atoms with van der Waals surface area (Å²) in [6.45, 7) is 2.23. The predicted molar refractivity (Wildman–Crippen MR) is 64.1 cm³/mol. The molecule has 80 valence electrons. The van der Waals surface area contributed by atoms with Crippen LogP contribution in [0.25, 0.3) is 11.0 Å². The summed E-state index contributed by atoms with van der Waals surface area (Å²) in [6.07, 6.45) is 3.85. The molecule has 4 heteroatoms. The molecule has 0 aliphatic rings. The Bertz CT molecular complexity index is 424. The summed E-state index contributed by atoms with van der Waals surface area (Å²) < 4.78 is 0. The van der Waals surface area contributed by atoms with Crippen molar-refractivity contribution in [3.63, 3.8) is 0 Å². The second-order valence-electron chi connectivity index (χ2n) is 3.52. The van der Waals surface area contributed by atoms with Crippen molar-refractivity contribution in [2.45, 2.75) is 31.1 Å². The molecule has 0 aliphatic heterocycles. The molecule has 1 aromatic carbocycles. The monoisotopic (exact) mass is 221 g/mol. The van der Waals surface area contributed by atoms with Gasteiger partial charge in [-0.2, -0.15) is 0 Å². The number of rotatable bonds is 5. The van der Waals surface area contributed by atoms with E-state index in [4.69, 9.17) is 0 Å². The predicted octanol–water partition coefficient (Wildman–Crippen LogP) is 3.24. The molecular weight excluding hydrogens is 206 g/mol. The largest absolute Gasteiger partial charge is 0.258 e. The van der Waals surface area contributed by atoms with Gasteiger partial charge in [-0.05, 0) is 24.3 Å². The van der Waals surface area contributed by atoms with Crippen LogP contribution in [0.1, 0.15) is 26.2 Å². The number of thioether (sulfide) groups is 1. The Morgan fingerprint density at radius 2 is 2.27 bits per heavy atom. The van der Waals surface area contributed by atoms with E-state index in [1.807, 2.05) is 23.9 Å². The van der Waals surface area contributed by atoms with Crippen molar-refractivity contribution >= 4 is 22.8 Å². The van der Waals surface area contributed by atoms with Crippen molar-refractivity contribution in [3.8, 4) is 0 Å². The number of hydrogen-bond acceptors (Lipinski definition) is 3. The van der Waals surface area contributed by atoms with Gasteiger partial charge in [-0.3, -0.25) is 5.10 Å². The molecule has 0 unspecified atom stereocenters. The maximum atomic E-state index is 4.09. The van der Waals surface area contributed by atoms with Gasteiger partial charge in [0.25, 0.3) is 0 Å². The number of benzene rings is 1. The first-order valence-electron chi connectivity index (χ1n) is 5.34. The van der Waals surface area contributed by atoms with Crippen molar-refractivity contribution < 1.29 is 0 Å². The third-order valence-electron chi connectivity index (χ3n) is 2.32. The summed E-state index contributed by atoms with van der Waals surface area (Å²) in [5.41, 5.74) is 2.02. The first-order chi connectivity index (χ1) is 7.42. The van der Waals surface area contributed by atoms with Crippen molar-refractivity contribution in [2.24, 2.45) is 0 Å². The van der Waals surface area contributed by atoms with Gasteiger partial charge in [0, 0.05) is 4.90 Å². The Morgan fingerprint density at radius 3 is 3.13 bits per heavy atom. The van der Waals surface area contributed by atoms with Crippen LogP contribution in [0, 0.1) is 0 Å². The van der Waals surface area contributed by atoms with Gasteiger partial charge in [0.2, 0.25) is 0 Å². The van der Waals surface area contributed by atoms with Crippen molar-refractivity contribution in [1.29, 1.82) is 0 Å². The number of fused-ring (bicyclic) bond motifs is 1. The third-order valence-corrected chi connectivity index (χ3v) is 3.46. The van der Waals surface area contributed by atoms with Gasteiger partial charge in [0.05, 0.1) is 5.52 Å². The highest BCUT2D eigenvalue weighted by molar-refractivity contribution is 7.99. The van der Waals surface area contributed by atoms with E-state index in [0.29, 0.717) is 0 Å². The fraction of sp³-hybridized carbons (Fsp3) is 0.455. The van der Waals surface area contributed by atoms with Crippen molar-refractivity contribution in [3.05, 3.63) is 18.2 Å². The summed E-state index contributed by atoms with van der Waals surface area (Å²) in [5.74, 6) is 1.17. The number of H-pyrrole nitrogens is 1. The van der Waals surface area contributed by atoms with E-state index < -0.39 is 0 Å². The first-order valence-corrected chi connectivity index (χ1v) is 6.33. The molecule has 0 saturated heterocycles. The summed E-state index contributed by atoms with van der Waals surface area (Å²) >= 11 is 1.87. The quantitative estimate of drug-likeness (QED) is 0.622. The molecular formula is C11H15N3S. The number of nitrogens with one attached hydrogen (secondary N) is 1. The average Bonchev–Trinajstić information content (AvgIpc) is 2.73. The molecule has 1 heterocycles. The lowest BCUT2D eigenvalue weighted by Gasteiger charge is -2.00. The van der Waals surface area contributed by atoms with Crippen LogP contribution < -0.4 is 0 Å². The standard InChI is InChI=1S/C11H15N3S/c1-2-3-4-8-15-10-7-5-6-9-11(10)13-14-12-9/h5-7H,2-4,8H2,1H3,(H,12,13,14). The molecule has 0 aliphatic carbocycles. The zero-order valence-electron chi connectivity index (χ0n) is 8.86. The molecule has 15 heavy (non-hydrogen) atoms. The Morgan fingerprint density at radius 1 is 1.33 bits per heavy atom. The van der Waals surface area contributed by atoms with Gasteiger partial charge in [-0.15, -0.1) is 16.9 Å². The molecule has 0 atom stereocenters. The van der Waals surface area contributed by atoms with E-state index in [9.17, 15) is 0 Å². The Labute approximate surface area is 93.6 Å². The van der Waals surface area contributed by atoms with Gasteiger partial charge >= 0.3 is 0 Å². The molecule has 0 bridgehead atoms. The SMILES string of the molecule is CCCCCSc1cccc2[nH]nnc12. The second kappa shape index (κ2) is 5.16. The molecule has 2 aromatic rings. The highest BCUT2D eigenvalue weighted by Gasteiger charge is 2.03. The molecule has 1 N–H and O–H groups in total.